The summed E-state index contributed by atoms with van der Waals surface area (Å²) in [5.41, 5.74) is 2.41. The molecule has 2 saturated carbocycles. The summed E-state index contributed by atoms with van der Waals surface area (Å²) in [4.78, 5) is 0. The van der Waals surface area contributed by atoms with Crippen molar-refractivity contribution >= 4 is 13.2 Å². The van der Waals surface area contributed by atoms with Crippen molar-refractivity contribution in [1.29, 1.82) is 0 Å². The molecule has 0 N–H and O–H groups in total. The minimum Gasteiger partial charge on any atom is -0.206 e. The zero-order valence-corrected chi connectivity index (χ0v) is 16.9. The van der Waals surface area contributed by atoms with E-state index in [0.29, 0.717) is 11.3 Å². The van der Waals surface area contributed by atoms with Crippen molar-refractivity contribution in [2.45, 2.75) is 75.5 Å². The van der Waals surface area contributed by atoms with Crippen molar-refractivity contribution in [3.63, 3.8) is 0 Å². The van der Waals surface area contributed by atoms with Crippen LogP contribution in [0.3, 0.4) is 0 Å². The smallest absolute Gasteiger partial charge is 0.133 e. The van der Waals surface area contributed by atoms with Crippen molar-refractivity contribution in [2.24, 2.45) is 0 Å². The molecule has 0 unspecified atom stereocenters. The summed E-state index contributed by atoms with van der Waals surface area (Å²) in [7, 11) is -0.395. The Morgan fingerprint density at radius 3 is 1.70 bits per heavy atom. The third-order valence-corrected chi connectivity index (χ3v) is 9.90. The van der Waals surface area contributed by atoms with Crippen LogP contribution in [0.25, 0.3) is 11.1 Å². The van der Waals surface area contributed by atoms with Gasteiger partial charge in [-0.15, -0.1) is 0 Å². The monoisotopic (exact) mass is 386 g/mol. The van der Waals surface area contributed by atoms with Crippen LogP contribution in [0.1, 0.15) is 64.2 Å². The lowest BCUT2D eigenvalue weighted by atomic mass is 9.99. The fourth-order valence-corrected chi connectivity index (χ4v) is 9.02. The SMILES string of the molecule is Fc1cccc(F)c1-c1ccccc1P(C1CCCCC1)C1CCCCC1. The molecule has 2 aliphatic rings. The van der Waals surface area contributed by atoms with E-state index in [1.807, 2.05) is 12.1 Å². The summed E-state index contributed by atoms with van der Waals surface area (Å²) >= 11 is 0. The Morgan fingerprint density at radius 2 is 1.15 bits per heavy atom. The third-order valence-electron chi connectivity index (χ3n) is 6.35. The first kappa shape index (κ1) is 19.1. The molecule has 2 aliphatic carbocycles. The van der Waals surface area contributed by atoms with Gasteiger partial charge in [-0.3, -0.25) is 0 Å². The van der Waals surface area contributed by atoms with Crippen LogP contribution in [0.15, 0.2) is 42.5 Å². The van der Waals surface area contributed by atoms with Gasteiger partial charge >= 0.3 is 0 Å². The highest BCUT2D eigenvalue weighted by Gasteiger charge is 2.34. The van der Waals surface area contributed by atoms with Crippen molar-refractivity contribution in [1.82, 2.24) is 0 Å². The molecule has 0 saturated heterocycles. The lowest BCUT2D eigenvalue weighted by Crippen LogP contribution is -2.27. The maximum Gasteiger partial charge on any atom is 0.133 e. The number of halogens is 2. The number of hydrogen-bond donors (Lipinski definition) is 0. The molecule has 2 fully saturated rings. The van der Waals surface area contributed by atoms with Crippen LogP contribution in [0.2, 0.25) is 0 Å². The standard InChI is InChI=1S/C24H29F2P/c25-21-15-9-16-22(26)24(21)20-14-7-8-17-23(20)27(18-10-3-1-4-11-18)19-12-5-2-6-13-19/h7-9,14-19H,1-6,10-13H2. The van der Waals surface area contributed by atoms with Crippen molar-refractivity contribution < 1.29 is 8.78 Å². The lowest BCUT2D eigenvalue weighted by Gasteiger charge is -2.39. The predicted octanol–water partition coefficient (Wildman–Crippen LogP) is 7.40. The average Bonchev–Trinajstić information content (AvgIpc) is 2.71. The highest BCUT2D eigenvalue weighted by atomic mass is 31.1. The minimum atomic E-state index is -0.440. The summed E-state index contributed by atoms with van der Waals surface area (Å²) in [6.45, 7) is 0. The molecule has 2 aromatic carbocycles. The summed E-state index contributed by atoms with van der Waals surface area (Å²) in [5, 5.41) is 1.25. The minimum absolute atomic E-state index is 0.173. The summed E-state index contributed by atoms with van der Waals surface area (Å²) < 4.78 is 29.3. The molecule has 3 heteroatoms. The van der Waals surface area contributed by atoms with Gasteiger partial charge < -0.3 is 0 Å². The van der Waals surface area contributed by atoms with Crippen LogP contribution >= 0.6 is 7.92 Å². The Hall–Kier alpha value is -1.27. The topological polar surface area (TPSA) is 0 Å². The van der Waals surface area contributed by atoms with E-state index >= 15 is 0 Å². The van der Waals surface area contributed by atoms with Crippen LogP contribution in [0.5, 0.6) is 0 Å². The average molecular weight is 386 g/mol. The maximum absolute atomic E-state index is 14.6. The Balaban J connectivity index is 1.80. The van der Waals surface area contributed by atoms with Crippen LogP contribution in [0, 0.1) is 11.6 Å². The largest absolute Gasteiger partial charge is 0.206 e. The Kier molecular flexibility index (Phi) is 6.23. The van der Waals surface area contributed by atoms with Gasteiger partial charge in [0.05, 0.1) is 5.56 Å². The number of benzene rings is 2. The van der Waals surface area contributed by atoms with E-state index in [1.165, 1.54) is 87.7 Å². The van der Waals surface area contributed by atoms with Gasteiger partial charge in [0.1, 0.15) is 11.6 Å². The van der Waals surface area contributed by atoms with Gasteiger partial charge in [-0.2, -0.15) is 0 Å². The molecule has 0 bridgehead atoms. The second-order valence-corrected chi connectivity index (χ2v) is 10.9. The van der Waals surface area contributed by atoms with E-state index in [2.05, 4.69) is 12.1 Å². The molecule has 2 aromatic rings. The first-order valence-corrected chi connectivity index (χ1v) is 12.1. The predicted molar refractivity (Wildman–Crippen MR) is 112 cm³/mol. The van der Waals surface area contributed by atoms with Gasteiger partial charge in [-0.05, 0) is 60.0 Å². The van der Waals surface area contributed by atoms with E-state index in [1.54, 1.807) is 0 Å². The highest BCUT2D eigenvalue weighted by molar-refractivity contribution is 7.67. The molecular weight excluding hydrogens is 357 g/mol. The van der Waals surface area contributed by atoms with E-state index < -0.39 is 19.6 Å². The molecule has 0 aromatic heterocycles. The van der Waals surface area contributed by atoms with Crippen LogP contribution in [-0.4, -0.2) is 11.3 Å². The molecule has 0 radical (unpaired) electrons. The van der Waals surface area contributed by atoms with Crippen LogP contribution in [-0.2, 0) is 0 Å². The summed E-state index contributed by atoms with van der Waals surface area (Å²) in [5.74, 6) is -0.880. The molecule has 4 rings (SSSR count). The van der Waals surface area contributed by atoms with E-state index in [-0.39, 0.29) is 5.56 Å². The van der Waals surface area contributed by atoms with E-state index in [9.17, 15) is 8.78 Å². The van der Waals surface area contributed by atoms with E-state index in [0.717, 1.165) is 5.56 Å². The third kappa shape index (κ3) is 4.11. The number of rotatable bonds is 4. The van der Waals surface area contributed by atoms with Gasteiger partial charge in [-0.25, -0.2) is 8.78 Å². The van der Waals surface area contributed by atoms with E-state index in [4.69, 9.17) is 0 Å². The lowest BCUT2D eigenvalue weighted by molar-refractivity contribution is 0.487. The normalized spacial score (nSPS) is 19.5. The summed E-state index contributed by atoms with van der Waals surface area (Å²) in [6, 6.07) is 12.4. The van der Waals surface area contributed by atoms with Gasteiger partial charge in [0.15, 0.2) is 0 Å². The Labute approximate surface area is 163 Å². The van der Waals surface area contributed by atoms with Gasteiger partial charge in [0, 0.05) is 0 Å². The molecule has 0 spiro atoms. The van der Waals surface area contributed by atoms with Crippen molar-refractivity contribution in [3.8, 4) is 11.1 Å². The Bertz CT molecular complexity index is 722. The van der Waals surface area contributed by atoms with Crippen molar-refractivity contribution in [2.75, 3.05) is 0 Å². The molecule has 0 heterocycles. The fraction of sp³-hybridized carbons (Fsp3) is 0.500. The zero-order valence-electron chi connectivity index (χ0n) is 16.0. The molecule has 0 atom stereocenters. The number of hydrogen-bond acceptors (Lipinski definition) is 0. The molecule has 0 amide bonds. The molecular formula is C24H29F2P. The highest BCUT2D eigenvalue weighted by Crippen LogP contribution is 2.56. The Morgan fingerprint density at radius 1 is 0.630 bits per heavy atom. The second-order valence-electron chi connectivity index (χ2n) is 8.10. The van der Waals surface area contributed by atoms with Crippen molar-refractivity contribution in [3.05, 3.63) is 54.1 Å². The fourth-order valence-electron chi connectivity index (χ4n) is 5.08. The van der Waals surface area contributed by atoms with Gasteiger partial charge in [0.2, 0.25) is 0 Å². The molecule has 0 nitrogen and oxygen atoms in total. The van der Waals surface area contributed by atoms with Crippen LogP contribution < -0.4 is 5.30 Å². The van der Waals surface area contributed by atoms with Gasteiger partial charge in [-0.1, -0.05) is 76.8 Å². The molecule has 144 valence electrons. The first-order valence-electron chi connectivity index (χ1n) is 10.6. The molecule has 27 heavy (non-hydrogen) atoms. The first-order chi connectivity index (χ1) is 13.3. The molecule has 0 aliphatic heterocycles. The quantitative estimate of drug-likeness (QED) is 0.480. The van der Waals surface area contributed by atoms with Gasteiger partial charge in [0.25, 0.3) is 0 Å². The second kappa shape index (κ2) is 8.82. The van der Waals surface area contributed by atoms with Crippen LogP contribution in [0.4, 0.5) is 8.78 Å². The maximum atomic E-state index is 14.6. The zero-order chi connectivity index (χ0) is 18.6. The summed E-state index contributed by atoms with van der Waals surface area (Å²) in [6.07, 6.45) is 13.1.